The first-order valence-electron chi connectivity index (χ1n) is 6.98. The summed E-state index contributed by atoms with van der Waals surface area (Å²) >= 11 is 5.88. The van der Waals surface area contributed by atoms with Crippen molar-refractivity contribution in [1.82, 2.24) is 0 Å². The lowest BCUT2D eigenvalue weighted by atomic mass is 10.0. The zero-order valence-corrected chi connectivity index (χ0v) is 13.1. The molecule has 3 rings (SSSR count). The highest BCUT2D eigenvalue weighted by Gasteiger charge is 2.15. The maximum absolute atomic E-state index is 12.4. The summed E-state index contributed by atoms with van der Waals surface area (Å²) in [5.41, 5.74) is 1.29. The van der Waals surface area contributed by atoms with E-state index in [4.69, 9.17) is 11.6 Å². The Hall–Kier alpha value is -2.72. The molecule has 0 bridgehead atoms. The van der Waals surface area contributed by atoms with Crippen LogP contribution in [0.4, 0.5) is 5.69 Å². The molecule has 0 aliphatic rings. The summed E-state index contributed by atoms with van der Waals surface area (Å²) in [7, 11) is 0. The summed E-state index contributed by atoms with van der Waals surface area (Å²) in [6, 6.07) is 13.2. The van der Waals surface area contributed by atoms with Crippen LogP contribution in [0.15, 0.2) is 48.5 Å². The van der Waals surface area contributed by atoms with Gasteiger partial charge in [0, 0.05) is 21.5 Å². The molecular formula is C18H14ClNO3. The number of benzene rings is 3. The van der Waals surface area contributed by atoms with Crippen LogP contribution in [-0.2, 0) is 0 Å². The fraction of sp³-hybridized carbons (Fsp3) is 0.0556. The fourth-order valence-electron chi connectivity index (χ4n) is 2.48. The zero-order chi connectivity index (χ0) is 16.6. The Kier molecular flexibility index (Phi) is 3.84. The van der Waals surface area contributed by atoms with E-state index in [0.29, 0.717) is 27.0 Å². The molecule has 3 N–H and O–H groups in total. The molecule has 4 nitrogen and oxygen atoms in total. The number of fused-ring (bicyclic) bond motifs is 1. The Morgan fingerprint density at radius 3 is 2.48 bits per heavy atom. The number of nitrogens with one attached hydrogen (secondary N) is 1. The number of carbonyl (C=O) groups excluding carboxylic acids is 1. The highest BCUT2D eigenvalue weighted by atomic mass is 35.5. The summed E-state index contributed by atoms with van der Waals surface area (Å²) in [6.07, 6.45) is 0. The second-order valence-corrected chi connectivity index (χ2v) is 5.69. The molecular weight excluding hydrogens is 314 g/mol. The third kappa shape index (κ3) is 2.81. The van der Waals surface area contributed by atoms with Gasteiger partial charge in [-0.2, -0.15) is 0 Å². The van der Waals surface area contributed by atoms with Gasteiger partial charge in [-0.15, -0.1) is 0 Å². The van der Waals surface area contributed by atoms with Crippen molar-refractivity contribution in [2.75, 3.05) is 5.32 Å². The van der Waals surface area contributed by atoms with Crippen molar-refractivity contribution in [2.45, 2.75) is 6.92 Å². The van der Waals surface area contributed by atoms with Crippen molar-refractivity contribution in [1.29, 1.82) is 0 Å². The number of aryl methyl sites for hydroxylation is 1. The van der Waals surface area contributed by atoms with Gasteiger partial charge in [0.15, 0.2) is 0 Å². The number of phenolic OH excluding ortho intramolecular Hbond substituents is 2. The highest BCUT2D eigenvalue weighted by Crippen LogP contribution is 2.34. The lowest BCUT2D eigenvalue weighted by molar-refractivity contribution is 0.102. The van der Waals surface area contributed by atoms with E-state index in [9.17, 15) is 15.0 Å². The van der Waals surface area contributed by atoms with Crippen molar-refractivity contribution >= 4 is 34.0 Å². The van der Waals surface area contributed by atoms with Crippen LogP contribution in [-0.4, -0.2) is 16.1 Å². The van der Waals surface area contributed by atoms with Crippen molar-refractivity contribution in [3.05, 3.63) is 64.7 Å². The Labute approximate surface area is 138 Å². The largest absolute Gasteiger partial charge is 0.507 e. The number of phenols is 2. The molecule has 1 amide bonds. The van der Waals surface area contributed by atoms with Gasteiger partial charge in [0.1, 0.15) is 11.5 Å². The molecule has 0 spiro atoms. The van der Waals surface area contributed by atoms with Crippen molar-refractivity contribution in [2.24, 2.45) is 0 Å². The third-order valence-electron chi connectivity index (χ3n) is 3.66. The molecule has 23 heavy (non-hydrogen) atoms. The fourth-order valence-corrected chi connectivity index (χ4v) is 2.65. The van der Waals surface area contributed by atoms with Crippen LogP contribution in [0.1, 0.15) is 15.9 Å². The maximum Gasteiger partial charge on any atom is 0.259 e. The highest BCUT2D eigenvalue weighted by molar-refractivity contribution is 6.31. The Bertz CT molecular complexity index is 922. The summed E-state index contributed by atoms with van der Waals surface area (Å²) in [5.74, 6) is -0.434. The second kappa shape index (κ2) is 5.82. The zero-order valence-electron chi connectivity index (χ0n) is 12.3. The summed E-state index contributed by atoms with van der Waals surface area (Å²) < 4.78 is 0. The molecule has 0 heterocycles. The topological polar surface area (TPSA) is 69.6 Å². The molecule has 0 atom stereocenters. The first-order valence-corrected chi connectivity index (χ1v) is 7.36. The normalized spacial score (nSPS) is 10.7. The van der Waals surface area contributed by atoms with Crippen LogP contribution >= 0.6 is 11.6 Å². The van der Waals surface area contributed by atoms with E-state index < -0.39 is 5.91 Å². The SMILES string of the molecule is Cc1cc(NC(=O)c2cc(Cl)ccc2O)c2ccccc2c1O. The van der Waals surface area contributed by atoms with Gasteiger partial charge in [0.25, 0.3) is 5.91 Å². The number of aromatic hydroxyl groups is 2. The molecule has 3 aromatic carbocycles. The summed E-state index contributed by atoms with van der Waals surface area (Å²) in [6.45, 7) is 1.76. The standard InChI is InChI=1S/C18H14ClNO3/c1-10-8-15(12-4-2-3-5-13(12)17(10)22)20-18(23)14-9-11(19)6-7-16(14)21/h2-9,21-22H,1H3,(H,20,23). The van der Waals surface area contributed by atoms with Gasteiger partial charge in [-0.05, 0) is 36.8 Å². The van der Waals surface area contributed by atoms with E-state index in [1.807, 2.05) is 18.2 Å². The van der Waals surface area contributed by atoms with Gasteiger partial charge < -0.3 is 15.5 Å². The third-order valence-corrected chi connectivity index (χ3v) is 3.89. The van der Waals surface area contributed by atoms with Crippen molar-refractivity contribution < 1.29 is 15.0 Å². The average Bonchev–Trinajstić information content (AvgIpc) is 2.54. The van der Waals surface area contributed by atoms with Gasteiger partial charge in [0.2, 0.25) is 0 Å². The summed E-state index contributed by atoms with van der Waals surface area (Å²) in [4.78, 5) is 12.4. The Balaban J connectivity index is 2.06. The molecule has 0 saturated carbocycles. The molecule has 0 unspecified atom stereocenters. The van der Waals surface area contributed by atoms with E-state index in [2.05, 4.69) is 5.32 Å². The van der Waals surface area contributed by atoms with Gasteiger partial charge in [-0.1, -0.05) is 35.9 Å². The molecule has 0 aromatic heterocycles. The number of amides is 1. The minimum absolute atomic E-state index is 0.0901. The molecule has 0 aliphatic heterocycles. The van der Waals surface area contributed by atoms with Gasteiger partial charge in [0.05, 0.1) is 5.56 Å². The lowest BCUT2D eigenvalue weighted by Gasteiger charge is -2.13. The smallest absolute Gasteiger partial charge is 0.259 e. The Morgan fingerprint density at radius 1 is 1.04 bits per heavy atom. The number of rotatable bonds is 2. The average molecular weight is 328 g/mol. The molecule has 3 aromatic rings. The quantitative estimate of drug-likeness (QED) is 0.608. The number of halogens is 1. The number of carbonyl (C=O) groups is 1. The molecule has 0 radical (unpaired) electrons. The maximum atomic E-state index is 12.4. The van der Waals surface area contributed by atoms with Crippen LogP contribution in [0.3, 0.4) is 0 Å². The van der Waals surface area contributed by atoms with Crippen LogP contribution < -0.4 is 5.32 Å². The van der Waals surface area contributed by atoms with E-state index in [-0.39, 0.29) is 17.1 Å². The Morgan fingerprint density at radius 2 is 1.74 bits per heavy atom. The number of hydrogen-bond donors (Lipinski definition) is 3. The van der Waals surface area contributed by atoms with E-state index in [1.54, 1.807) is 19.1 Å². The van der Waals surface area contributed by atoms with Crippen LogP contribution in [0, 0.1) is 6.92 Å². The lowest BCUT2D eigenvalue weighted by Crippen LogP contribution is -2.12. The second-order valence-electron chi connectivity index (χ2n) is 5.25. The molecule has 5 heteroatoms. The van der Waals surface area contributed by atoms with Crippen molar-refractivity contribution in [3.63, 3.8) is 0 Å². The van der Waals surface area contributed by atoms with E-state index in [0.717, 1.165) is 0 Å². The van der Waals surface area contributed by atoms with Crippen molar-refractivity contribution in [3.8, 4) is 11.5 Å². The van der Waals surface area contributed by atoms with E-state index in [1.165, 1.54) is 18.2 Å². The van der Waals surface area contributed by atoms with Crippen LogP contribution in [0.5, 0.6) is 11.5 Å². The monoisotopic (exact) mass is 327 g/mol. The molecule has 0 fully saturated rings. The number of anilines is 1. The number of hydrogen-bond acceptors (Lipinski definition) is 3. The minimum atomic E-state index is -0.472. The molecule has 0 aliphatic carbocycles. The predicted molar refractivity (Wildman–Crippen MR) is 91.4 cm³/mol. The van der Waals surface area contributed by atoms with Gasteiger partial charge >= 0.3 is 0 Å². The molecule has 116 valence electrons. The van der Waals surface area contributed by atoms with E-state index >= 15 is 0 Å². The predicted octanol–water partition coefficient (Wildman–Crippen LogP) is 4.47. The first-order chi connectivity index (χ1) is 11.0. The molecule has 0 saturated heterocycles. The summed E-state index contributed by atoms with van der Waals surface area (Å²) in [5, 5.41) is 24.5. The van der Waals surface area contributed by atoms with Crippen LogP contribution in [0.2, 0.25) is 5.02 Å². The van der Waals surface area contributed by atoms with Gasteiger partial charge in [-0.25, -0.2) is 0 Å². The van der Waals surface area contributed by atoms with Crippen LogP contribution in [0.25, 0.3) is 10.8 Å². The first kappa shape index (κ1) is 15.2. The minimum Gasteiger partial charge on any atom is -0.507 e. The van der Waals surface area contributed by atoms with Gasteiger partial charge in [-0.3, -0.25) is 4.79 Å².